The predicted molar refractivity (Wildman–Crippen MR) is 104 cm³/mol. The molecule has 0 saturated heterocycles. The van der Waals surface area contributed by atoms with Gasteiger partial charge in [-0.3, -0.25) is 4.98 Å². The molecule has 0 aliphatic carbocycles. The van der Waals surface area contributed by atoms with Gasteiger partial charge >= 0.3 is 0 Å². The van der Waals surface area contributed by atoms with E-state index in [0.29, 0.717) is 22.1 Å². The van der Waals surface area contributed by atoms with Crippen molar-refractivity contribution in [2.45, 2.75) is 17.9 Å². The fourth-order valence-corrected chi connectivity index (χ4v) is 3.83. The van der Waals surface area contributed by atoms with Crippen LogP contribution in [0.3, 0.4) is 0 Å². The summed E-state index contributed by atoms with van der Waals surface area (Å²) in [6.07, 6.45) is 1.66. The number of aromatic nitrogens is 1. The summed E-state index contributed by atoms with van der Waals surface area (Å²) < 4.78 is 34.2. The lowest BCUT2D eigenvalue weighted by atomic mass is 10.2. The zero-order valence-corrected chi connectivity index (χ0v) is 15.8. The van der Waals surface area contributed by atoms with Crippen molar-refractivity contribution in [2.75, 3.05) is 13.7 Å². The van der Waals surface area contributed by atoms with E-state index in [1.165, 1.54) is 0 Å². The number of hydrogen-bond donors (Lipinski definition) is 3. The maximum absolute atomic E-state index is 12.4. The molecule has 1 aromatic heterocycles. The van der Waals surface area contributed by atoms with Crippen LogP contribution in [0.15, 0.2) is 59.6 Å². The first-order chi connectivity index (χ1) is 12.9. The minimum absolute atomic E-state index is 0.197. The van der Waals surface area contributed by atoms with Crippen LogP contribution < -0.4 is 14.2 Å². The minimum atomic E-state index is -3.19. The minimum Gasteiger partial charge on any atom is -0.497 e. The van der Waals surface area contributed by atoms with Gasteiger partial charge in [-0.25, -0.2) is 13.7 Å². The van der Waals surface area contributed by atoms with Crippen LogP contribution in [0.4, 0.5) is 0 Å². The average Bonchev–Trinajstić information content (AvgIpc) is 2.67. The molecule has 0 saturated carbocycles. The second-order valence-electron chi connectivity index (χ2n) is 6.02. The van der Waals surface area contributed by atoms with Crippen molar-refractivity contribution in [3.8, 4) is 17.2 Å². The Kier molecular flexibility index (Phi) is 5.59. The Morgan fingerprint density at radius 2 is 1.89 bits per heavy atom. The summed E-state index contributed by atoms with van der Waals surface area (Å²) in [4.78, 5) is 4.64. The van der Waals surface area contributed by atoms with Gasteiger partial charge in [0.2, 0.25) is 0 Å². The number of benzene rings is 2. The molecule has 1 unspecified atom stereocenters. The van der Waals surface area contributed by atoms with Crippen LogP contribution >= 0.6 is 0 Å². The van der Waals surface area contributed by atoms with Gasteiger partial charge in [-0.15, -0.1) is 0 Å². The molecule has 2 atom stereocenters. The van der Waals surface area contributed by atoms with Gasteiger partial charge in [0.15, 0.2) is 0 Å². The third-order valence-corrected chi connectivity index (χ3v) is 5.60. The molecule has 0 spiro atoms. The fraction of sp³-hybridized carbons (Fsp3) is 0.211. The number of pyridine rings is 1. The van der Waals surface area contributed by atoms with Gasteiger partial charge < -0.3 is 14.6 Å². The predicted octanol–water partition coefficient (Wildman–Crippen LogP) is 3.33. The van der Waals surface area contributed by atoms with E-state index in [1.807, 2.05) is 18.2 Å². The number of aliphatic hydroxyl groups is 1. The Morgan fingerprint density at radius 3 is 2.56 bits per heavy atom. The first-order valence-electron chi connectivity index (χ1n) is 8.30. The summed E-state index contributed by atoms with van der Waals surface area (Å²) >= 11 is 0. The van der Waals surface area contributed by atoms with Crippen LogP contribution in [-0.4, -0.2) is 34.1 Å². The molecule has 1 heterocycles. The first kappa shape index (κ1) is 19.1. The van der Waals surface area contributed by atoms with Crippen LogP contribution in [0.5, 0.6) is 17.2 Å². The molecule has 0 aliphatic rings. The normalized spacial score (nSPS) is 14.5. The maximum Gasteiger partial charge on any atom is 0.138 e. The van der Waals surface area contributed by atoms with E-state index >= 15 is 0 Å². The molecule has 0 amide bonds. The topological polar surface area (TPSA) is 105 Å². The van der Waals surface area contributed by atoms with Crippen LogP contribution in [0.1, 0.15) is 6.92 Å². The zero-order valence-electron chi connectivity index (χ0n) is 15.0. The third-order valence-electron chi connectivity index (χ3n) is 3.93. The van der Waals surface area contributed by atoms with Crippen molar-refractivity contribution in [2.24, 2.45) is 0 Å². The van der Waals surface area contributed by atoms with Crippen LogP contribution in [0, 0.1) is 4.78 Å². The number of rotatable bonds is 7. The number of ether oxygens (including phenoxy) is 2. The van der Waals surface area contributed by atoms with E-state index in [-0.39, 0.29) is 6.61 Å². The van der Waals surface area contributed by atoms with Gasteiger partial charge in [0.1, 0.15) is 27.2 Å². The van der Waals surface area contributed by atoms with Gasteiger partial charge in [-0.2, -0.15) is 0 Å². The Hall–Kier alpha value is -2.68. The highest BCUT2D eigenvalue weighted by Crippen LogP contribution is 2.31. The van der Waals surface area contributed by atoms with Crippen molar-refractivity contribution in [3.63, 3.8) is 0 Å². The standard InChI is InChI=1S/C19H21N3O4S/c1-13(12-23)22-27(20,24)16-6-3-14(4-7-16)26-19-9-10-21-18-11-15(25-2)5-8-17(18)19/h3-11,13,23H,12H2,1-2H3,(H2,20,22,24)/t13-,27?/m1/s1. The van der Waals surface area contributed by atoms with E-state index < -0.39 is 16.0 Å². The molecular weight excluding hydrogens is 366 g/mol. The molecule has 142 valence electrons. The van der Waals surface area contributed by atoms with Crippen LogP contribution in [-0.2, 0) is 9.92 Å². The van der Waals surface area contributed by atoms with Gasteiger partial charge in [-0.1, -0.05) is 0 Å². The highest BCUT2D eigenvalue weighted by Gasteiger charge is 2.13. The number of methoxy groups -OCH3 is 1. The smallest absolute Gasteiger partial charge is 0.138 e. The number of hydrogen-bond acceptors (Lipinski definition) is 6. The van der Waals surface area contributed by atoms with E-state index in [2.05, 4.69) is 9.71 Å². The molecule has 0 fully saturated rings. The lowest BCUT2D eigenvalue weighted by molar-refractivity contribution is 0.266. The third kappa shape index (κ3) is 4.36. The summed E-state index contributed by atoms with van der Waals surface area (Å²) in [7, 11) is -1.59. The number of fused-ring (bicyclic) bond motifs is 1. The van der Waals surface area contributed by atoms with Crippen LogP contribution in [0.25, 0.3) is 10.9 Å². The molecule has 8 heteroatoms. The van der Waals surface area contributed by atoms with Gasteiger partial charge in [0.25, 0.3) is 0 Å². The Balaban J connectivity index is 1.84. The highest BCUT2D eigenvalue weighted by atomic mass is 32.2. The summed E-state index contributed by atoms with van der Waals surface area (Å²) in [6, 6.07) is 13.3. The van der Waals surface area contributed by atoms with Gasteiger partial charge in [-0.05, 0) is 49.4 Å². The number of nitrogens with one attached hydrogen (secondary N) is 2. The highest BCUT2D eigenvalue weighted by molar-refractivity contribution is 7.90. The van der Waals surface area contributed by atoms with Crippen molar-refractivity contribution in [3.05, 3.63) is 54.7 Å². The monoisotopic (exact) mass is 387 g/mol. The Bertz CT molecular complexity index is 1040. The Morgan fingerprint density at radius 1 is 1.19 bits per heavy atom. The molecule has 27 heavy (non-hydrogen) atoms. The zero-order chi connectivity index (χ0) is 19.4. The Labute approximate surface area is 158 Å². The van der Waals surface area contributed by atoms with E-state index in [1.54, 1.807) is 50.6 Å². The second kappa shape index (κ2) is 7.91. The van der Waals surface area contributed by atoms with E-state index in [9.17, 15) is 4.21 Å². The molecule has 0 aliphatic heterocycles. The largest absolute Gasteiger partial charge is 0.497 e. The van der Waals surface area contributed by atoms with E-state index in [4.69, 9.17) is 19.4 Å². The quantitative estimate of drug-likeness (QED) is 0.577. The molecule has 2 aromatic carbocycles. The second-order valence-corrected chi connectivity index (χ2v) is 7.84. The summed E-state index contributed by atoms with van der Waals surface area (Å²) in [5.74, 6) is 1.90. The average molecular weight is 387 g/mol. The van der Waals surface area contributed by atoms with Crippen molar-refractivity contribution >= 4 is 20.8 Å². The molecule has 3 rings (SSSR count). The molecule has 0 bridgehead atoms. The molecule has 0 radical (unpaired) electrons. The molecule has 3 aromatic rings. The van der Waals surface area contributed by atoms with Crippen LogP contribution in [0.2, 0.25) is 0 Å². The fourth-order valence-electron chi connectivity index (χ4n) is 2.53. The van der Waals surface area contributed by atoms with Crippen molar-refractivity contribution < 1.29 is 18.8 Å². The van der Waals surface area contributed by atoms with Gasteiger partial charge in [0, 0.05) is 23.7 Å². The molecule has 7 nitrogen and oxygen atoms in total. The molecule has 3 N–H and O–H groups in total. The van der Waals surface area contributed by atoms with Gasteiger partial charge in [0.05, 0.1) is 24.1 Å². The lowest BCUT2D eigenvalue weighted by Crippen LogP contribution is -2.34. The first-order valence-corrected chi connectivity index (χ1v) is 9.86. The SMILES string of the molecule is COc1ccc2c(Oc3ccc(S(=N)(=O)N[C@H](C)CO)cc3)ccnc2c1. The van der Waals surface area contributed by atoms with E-state index in [0.717, 1.165) is 10.9 Å². The number of aliphatic hydroxyl groups excluding tert-OH is 1. The lowest BCUT2D eigenvalue weighted by Gasteiger charge is -2.15. The summed E-state index contributed by atoms with van der Waals surface area (Å²) in [5, 5.41) is 9.91. The van der Waals surface area contributed by atoms with Crippen molar-refractivity contribution in [1.82, 2.24) is 9.71 Å². The summed E-state index contributed by atoms with van der Waals surface area (Å²) in [5.41, 5.74) is 0.750. The molecular formula is C19H21N3O4S. The maximum atomic E-state index is 12.4. The van der Waals surface area contributed by atoms with Crippen molar-refractivity contribution in [1.29, 1.82) is 4.78 Å². The summed E-state index contributed by atoms with van der Waals surface area (Å²) in [6.45, 7) is 1.46. The number of nitrogens with zero attached hydrogens (tertiary/aromatic N) is 1.